The zero-order valence-corrected chi connectivity index (χ0v) is 13.2. The number of nitrogens with two attached hydrogens (primary N) is 1. The first-order chi connectivity index (χ1) is 9.56. The Hall–Kier alpha value is -1.07. The van der Waals surface area contributed by atoms with Gasteiger partial charge in [-0.15, -0.1) is 0 Å². The van der Waals surface area contributed by atoms with Crippen LogP contribution >= 0.6 is 15.9 Å². The van der Waals surface area contributed by atoms with Crippen molar-refractivity contribution in [2.24, 2.45) is 11.7 Å². The van der Waals surface area contributed by atoms with Crippen LogP contribution in [0.2, 0.25) is 0 Å². The number of amides is 1. The number of hydrogen-bond donors (Lipinski definition) is 2. The van der Waals surface area contributed by atoms with Crippen molar-refractivity contribution in [3.05, 3.63) is 22.2 Å². The first-order valence-corrected chi connectivity index (χ1v) is 7.96. The third-order valence-corrected chi connectivity index (χ3v) is 5.05. The molecule has 1 aromatic carbocycles. The third kappa shape index (κ3) is 2.44. The Morgan fingerprint density at radius 3 is 2.80 bits per heavy atom. The second-order valence-corrected chi connectivity index (χ2v) is 6.74. The lowest BCUT2D eigenvalue weighted by Crippen LogP contribution is -2.24. The molecule has 0 aromatic heterocycles. The number of anilines is 2. The number of carbonyl (C=O) groups excluding carboxylic acids is 1. The highest BCUT2D eigenvalue weighted by molar-refractivity contribution is 9.10. The monoisotopic (exact) mass is 337 g/mol. The van der Waals surface area contributed by atoms with Crippen LogP contribution < -0.4 is 16.0 Å². The molecule has 3 rings (SSSR count). The van der Waals surface area contributed by atoms with E-state index in [1.54, 1.807) is 0 Å². The van der Waals surface area contributed by atoms with E-state index >= 15 is 0 Å². The maximum Gasteiger partial charge on any atom is 0.245 e. The number of rotatable bonds is 3. The Morgan fingerprint density at radius 1 is 1.40 bits per heavy atom. The van der Waals surface area contributed by atoms with E-state index < -0.39 is 6.04 Å². The van der Waals surface area contributed by atoms with Gasteiger partial charge in [0.1, 0.15) is 6.04 Å². The molecule has 108 valence electrons. The molecule has 5 heteroatoms. The zero-order chi connectivity index (χ0) is 14.3. The Balaban J connectivity index is 1.83. The molecule has 1 fully saturated rings. The van der Waals surface area contributed by atoms with Crippen molar-refractivity contribution in [2.75, 3.05) is 23.8 Å². The second-order valence-electron chi connectivity index (χ2n) is 5.89. The van der Waals surface area contributed by atoms with Crippen LogP contribution in [-0.2, 0) is 4.79 Å². The van der Waals surface area contributed by atoms with E-state index in [4.69, 9.17) is 5.73 Å². The quantitative estimate of drug-likeness (QED) is 0.891. The van der Waals surface area contributed by atoms with Gasteiger partial charge in [-0.3, -0.25) is 4.79 Å². The highest BCUT2D eigenvalue weighted by Crippen LogP contribution is 2.38. The van der Waals surface area contributed by atoms with Gasteiger partial charge in [-0.2, -0.15) is 0 Å². The summed E-state index contributed by atoms with van der Waals surface area (Å²) in [5, 5.41) is 2.85. The zero-order valence-electron chi connectivity index (χ0n) is 11.7. The Morgan fingerprint density at radius 2 is 2.10 bits per heavy atom. The lowest BCUT2D eigenvalue weighted by atomic mass is 10.1. The minimum atomic E-state index is -0.546. The van der Waals surface area contributed by atoms with Crippen molar-refractivity contribution in [3.8, 4) is 0 Å². The number of fused-ring (bicyclic) bond motifs is 1. The second kappa shape index (κ2) is 5.37. The van der Waals surface area contributed by atoms with E-state index in [9.17, 15) is 4.79 Å². The van der Waals surface area contributed by atoms with Gasteiger partial charge in [0, 0.05) is 29.3 Å². The van der Waals surface area contributed by atoms with Crippen LogP contribution in [-0.4, -0.2) is 19.5 Å². The molecule has 1 aliphatic carbocycles. The number of halogens is 1. The van der Waals surface area contributed by atoms with Crippen LogP contribution in [0.3, 0.4) is 0 Å². The first-order valence-electron chi connectivity index (χ1n) is 7.17. The van der Waals surface area contributed by atoms with Crippen LogP contribution in [0.1, 0.15) is 37.3 Å². The molecule has 20 heavy (non-hydrogen) atoms. The van der Waals surface area contributed by atoms with Gasteiger partial charge < -0.3 is 16.0 Å². The molecule has 4 nitrogen and oxygen atoms in total. The summed E-state index contributed by atoms with van der Waals surface area (Å²) >= 11 is 3.61. The molecule has 0 bridgehead atoms. The summed E-state index contributed by atoms with van der Waals surface area (Å²) in [5.74, 6) is 0.666. The van der Waals surface area contributed by atoms with Gasteiger partial charge in [0.05, 0.1) is 5.69 Å². The molecule has 0 spiro atoms. The molecule has 1 unspecified atom stereocenters. The largest absolute Gasteiger partial charge is 0.373 e. The summed E-state index contributed by atoms with van der Waals surface area (Å²) in [4.78, 5) is 13.9. The van der Waals surface area contributed by atoms with Gasteiger partial charge >= 0.3 is 0 Å². The summed E-state index contributed by atoms with van der Waals surface area (Å²) in [6.07, 6.45) is 5.37. The van der Waals surface area contributed by atoms with Gasteiger partial charge in [0.25, 0.3) is 0 Å². The van der Waals surface area contributed by atoms with Crippen molar-refractivity contribution in [2.45, 2.75) is 31.7 Å². The molecule has 1 saturated carbocycles. The van der Waals surface area contributed by atoms with Crippen molar-refractivity contribution >= 4 is 33.2 Å². The number of nitrogens with one attached hydrogen (secondary N) is 1. The lowest BCUT2D eigenvalue weighted by Gasteiger charge is -2.25. The summed E-state index contributed by atoms with van der Waals surface area (Å²) in [6, 6.07) is 3.45. The molecule has 1 atom stereocenters. The maximum atomic E-state index is 11.6. The first kappa shape index (κ1) is 13.9. The Labute approximate surface area is 127 Å². The van der Waals surface area contributed by atoms with Crippen LogP contribution in [0.4, 0.5) is 11.4 Å². The van der Waals surface area contributed by atoms with E-state index in [1.807, 2.05) is 12.1 Å². The van der Waals surface area contributed by atoms with E-state index in [0.717, 1.165) is 33.9 Å². The van der Waals surface area contributed by atoms with Crippen LogP contribution in [0.25, 0.3) is 0 Å². The van der Waals surface area contributed by atoms with E-state index in [0.29, 0.717) is 0 Å². The van der Waals surface area contributed by atoms with E-state index in [-0.39, 0.29) is 5.91 Å². The molecule has 0 saturated heterocycles. The molecular formula is C15H20BrN3O. The predicted molar refractivity (Wildman–Crippen MR) is 84.9 cm³/mol. The van der Waals surface area contributed by atoms with Gasteiger partial charge in [0.15, 0.2) is 0 Å². The van der Waals surface area contributed by atoms with Crippen LogP contribution in [0.5, 0.6) is 0 Å². The topological polar surface area (TPSA) is 58.4 Å². The smallest absolute Gasteiger partial charge is 0.245 e. The molecule has 3 N–H and O–H groups in total. The van der Waals surface area contributed by atoms with Crippen LogP contribution in [0.15, 0.2) is 16.6 Å². The fraction of sp³-hybridized carbons (Fsp3) is 0.533. The van der Waals surface area contributed by atoms with Crippen molar-refractivity contribution in [1.29, 1.82) is 0 Å². The van der Waals surface area contributed by atoms with Crippen molar-refractivity contribution in [3.63, 3.8) is 0 Å². The molecule has 1 heterocycles. The maximum absolute atomic E-state index is 11.6. The Kier molecular flexibility index (Phi) is 3.73. The van der Waals surface area contributed by atoms with Crippen LogP contribution in [0, 0.1) is 5.92 Å². The number of benzene rings is 1. The summed E-state index contributed by atoms with van der Waals surface area (Å²) in [6.45, 7) is 1.07. The summed E-state index contributed by atoms with van der Waals surface area (Å²) in [5.41, 5.74) is 8.71. The fourth-order valence-electron chi connectivity index (χ4n) is 3.27. The molecule has 0 radical (unpaired) electrons. The van der Waals surface area contributed by atoms with Crippen molar-refractivity contribution in [1.82, 2.24) is 0 Å². The average molecular weight is 338 g/mol. The minimum Gasteiger partial charge on any atom is -0.373 e. The third-order valence-electron chi connectivity index (χ3n) is 4.41. The fourth-order valence-corrected chi connectivity index (χ4v) is 3.93. The van der Waals surface area contributed by atoms with Crippen molar-refractivity contribution < 1.29 is 4.79 Å². The Bertz CT molecular complexity index is 540. The number of hydrogen-bond acceptors (Lipinski definition) is 3. The predicted octanol–water partition coefficient (Wildman–Crippen LogP) is 3.03. The lowest BCUT2D eigenvalue weighted by molar-refractivity contribution is -0.116. The van der Waals surface area contributed by atoms with Gasteiger partial charge in [0.2, 0.25) is 5.91 Å². The van der Waals surface area contributed by atoms with E-state index in [1.165, 1.54) is 25.7 Å². The normalized spacial score (nSPS) is 21.9. The van der Waals surface area contributed by atoms with Gasteiger partial charge in [-0.1, -0.05) is 12.8 Å². The number of nitrogens with zero attached hydrogens (tertiary/aromatic N) is 1. The summed E-state index contributed by atoms with van der Waals surface area (Å²) in [7, 11) is 2.11. The average Bonchev–Trinajstić information content (AvgIpc) is 3.00. The molecular weight excluding hydrogens is 318 g/mol. The summed E-state index contributed by atoms with van der Waals surface area (Å²) < 4.78 is 1.00. The molecule has 1 aliphatic heterocycles. The molecule has 1 aromatic rings. The standard InChI is InChI=1S/C15H20BrN3O/c1-19(8-9-4-2-3-5-9)13-7-12-10(6-11(13)16)14(17)15(20)18-12/h6-7,9,14H,2-5,8,17H2,1H3,(H,18,20). The van der Waals surface area contributed by atoms with Gasteiger partial charge in [-0.25, -0.2) is 0 Å². The SMILES string of the molecule is CN(CC1CCCC1)c1cc2c(cc1Br)C(N)C(=O)N2. The van der Waals surface area contributed by atoms with Gasteiger partial charge in [-0.05, 0) is 46.8 Å². The molecule has 1 amide bonds. The highest BCUT2D eigenvalue weighted by atomic mass is 79.9. The molecule has 2 aliphatic rings. The highest BCUT2D eigenvalue weighted by Gasteiger charge is 2.29. The minimum absolute atomic E-state index is 0.123. The van der Waals surface area contributed by atoms with E-state index in [2.05, 4.69) is 33.2 Å². The number of carbonyl (C=O) groups is 1.